The summed E-state index contributed by atoms with van der Waals surface area (Å²) < 4.78 is 9.53. The molecule has 0 amide bonds. The van der Waals surface area contributed by atoms with Gasteiger partial charge in [-0.15, -0.1) is 0 Å². The minimum atomic E-state index is -0.908. The molecule has 0 aliphatic carbocycles. The molecule has 0 heterocycles. The van der Waals surface area contributed by atoms with Crippen LogP contribution in [-0.2, 0) is 9.47 Å². The van der Waals surface area contributed by atoms with Crippen molar-refractivity contribution in [1.82, 2.24) is 0 Å². The molecular weight excluding hydrogens is 230 g/mol. The SMILES string of the molecule is CCCOC/C=C\C(=C/C(C)C)C(N)O.COC. The van der Waals surface area contributed by atoms with Crippen molar-refractivity contribution in [2.45, 2.75) is 33.4 Å². The molecule has 0 fully saturated rings. The summed E-state index contributed by atoms with van der Waals surface area (Å²) in [6.45, 7) is 7.49. The highest BCUT2D eigenvalue weighted by Gasteiger charge is 2.01. The number of rotatable bonds is 7. The summed E-state index contributed by atoms with van der Waals surface area (Å²) in [7, 11) is 3.25. The highest BCUT2D eigenvalue weighted by atomic mass is 16.5. The fourth-order valence-electron chi connectivity index (χ4n) is 1.12. The van der Waals surface area contributed by atoms with Crippen molar-refractivity contribution < 1.29 is 14.6 Å². The van der Waals surface area contributed by atoms with Crippen LogP contribution in [-0.4, -0.2) is 38.8 Å². The molecule has 1 atom stereocenters. The molecule has 0 spiro atoms. The lowest BCUT2D eigenvalue weighted by molar-refractivity contribution is 0.163. The van der Waals surface area contributed by atoms with Crippen molar-refractivity contribution in [3.63, 3.8) is 0 Å². The van der Waals surface area contributed by atoms with Crippen LogP contribution in [0.5, 0.6) is 0 Å². The van der Waals surface area contributed by atoms with E-state index in [0.29, 0.717) is 12.5 Å². The Hall–Kier alpha value is -0.680. The standard InChI is InChI=1S/C12H23NO2.C2H6O/c1-4-7-15-8-5-6-11(12(13)14)9-10(2)3;1-3-2/h5-6,9-10,12,14H,4,7-8,13H2,1-3H3;1-2H3/b6-5-,11-9+;. The van der Waals surface area contributed by atoms with E-state index in [9.17, 15) is 5.11 Å². The van der Waals surface area contributed by atoms with Crippen molar-refractivity contribution >= 4 is 0 Å². The predicted molar refractivity (Wildman–Crippen MR) is 76.3 cm³/mol. The number of hydrogen-bond donors (Lipinski definition) is 2. The molecule has 0 bridgehead atoms. The highest BCUT2D eigenvalue weighted by molar-refractivity contribution is 5.22. The molecule has 0 rings (SSSR count). The maximum atomic E-state index is 9.28. The molecule has 0 saturated heterocycles. The molecule has 3 N–H and O–H groups in total. The quantitative estimate of drug-likeness (QED) is 0.417. The van der Waals surface area contributed by atoms with Gasteiger partial charge in [-0.3, -0.25) is 0 Å². The van der Waals surface area contributed by atoms with Crippen LogP contribution < -0.4 is 5.73 Å². The van der Waals surface area contributed by atoms with Crippen LogP contribution in [0.2, 0.25) is 0 Å². The molecule has 0 aromatic rings. The van der Waals surface area contributed by atoms with E-state index in [1.165, 1.54) is 0 Å². The lowest BCUT2D eigenvalue weighted by Gasteiger charge is -2.07. The van der Waals surface area contributed by atoms with E-state index in [4.69, 9.17) is 10.5 Å². The van der Waals surface area contributed by atoms with Gasteiger partial charge < -0.3 is 20.3 Å². The molecule has 108 valence electrons. The second-order valence-electron chi connectivity index (χ2n) is 4.24. The smallest absolute Gasteiger partial charge is 0.128 e. The van der Waals surface area contributed by atoms with Crippen molar-refractivity contribution in [3.8, 4) is 0 Å². The van der Waals surface area contributed by atoms with Crippen LogP contribution in [0.3, 0.4) is 0 Å². The third-order valence-electron chi connectivity index (χ3n) is 1.74. The van der Waals surface area contributed by atoms with Gasteiger partial charge in [-0.1, -0.05) is 39.0 Å². The number of allylic oxidation sites excluding steroid dienone is 1. The maximum absolute atomic E-state index is 9.28. The summed E-state index contributed by atoms with van der Waals surface area (Å²) in [5.41, 5.74) is 6.16. The van der Waals surface area contributed by atoms with E-state index in [1.54, 1.807) is 14.2 Å². The molecule has 0 saturated carbocycles. The van der Waals surface area contributed by atoms with Gasteiger partial charge in [-0.05, 0) is 17.9 Å². The van der Waals surface area contributed by atoms with E-state index < -0.39 is 6.23 Å². The highest BCUT2D eigenvalue weighted by Crippen LogP contribution is 2.06. The first-order valence-electron chi connectivity index (χ1n) is 6.29. The summed E-state index contributed by atoms with van der Waals surface area (Å²) >= 11 is 0. The topological polar surface area (TPSA) is 64.7 Å². The third kappa shape index (κ3) is 15.3. The fraction of sp³-hybridized carbons (Fsp3) is 0.714. The van der Waals surface area contributed by atoms with Crippen molar-refractivity contribution in [2.75, 3.05) is 27.4 Å². The van der Waals surface area contributed by atoms with Gasteiger partial charge in [-0.25, -0.2) is 0 Å². The van der Waals surface area contributed by atoms with Crippen LogP contribution in [0.1, 0.15) is 27.2 Å². The number of aliphatic hydroxyl groups excluding tert-OH is 1. The van der Waals surface area contributed by atoms with E-state index in [0.717, 1.165) is 18.6 Å². The normalized spacial score (nSPS) is 13.7. The monoisotopic (exact) mass is 259 g/mol. The van der Waals surface area contributed by atoms with Crippen LogP contribution in [0.15, 0.2) is 23.8 Å². The molecular formula is C14H29NO3. The minimum absolute atomic E-state index is 0.374. The first kappa shape index (κ1) is 19.7. The lowest BCUT2D eigenvalue weighted by Crippen LogP contribution is -2.21. The molecule has 0 radical (unpaired) electrons. The Kier molecular flexibility index (Phi) is 15.7. The lowest BCUT2D eigenvalue weighted by atomic mass is 10.1. The predicted octanol–water partition coefficient (Wildman–Crippen LogP) is 2.09. The van der Waals surface area contributed by atoms with Gasteiger partial charge in [0.1, 0.15) is 6.23 Å². The summed E-state index contributed by atoms with van der Waals surface area (Å²) in [5, 5.41) is 9.28. The molecule has 0 aliphatic heterocycles. The van der Waals surface area contributed by atoms with E-state index in [2.05, 4.69) is 11.7 Å². The van der Waals surface area contributed by atoms with Gasteiger partial charge in [0.05, 0.1) is 6.61 Å². The number of hydrogen-bond acceptors (Lipinski definition) is 4. The second-order valence-corrected chi connectivity index (χ2v) is 4.24. The molecule has 0 aromatic carbocycles. The van der Waals surface area contributed by atoms with Gasteiger partial charge >= 0.3 is 0 Å². The van der Waals surface area contributed by atoms with Crippen LogP contribution in [0.25, 0.3) is 0 Å². The Morgan fingerprint density at radius 1 is 1.33 bits per heavy atom. The Bertz CT molecular complexity index is 223. The van der Waals surface area contributed by atoms with Crippen LogP contribution >= 0.6 is 0 Å². The number of methoxy groups -OCH3 is 1. The van der Waals surface area contributed by atoms with Crippen LogP contribution in [0.4, 0.5) is 0 Å². The van der Waals surface area contributed by atoms with Gasteiger partial charge in [0.25, 0.3) is 0 Å². The molecule has 4 heteroatoms. The zero-order valence-electron chi connectivity index (χ0n) is 12.3. The Labute approximate surface area is 111 Å². The number of nitrogens with two attached hydrogens (primary N) is 1. The van der Waals surface area contributed by atoms with Crippen LogP contribution in [0, 0.1) is 5.92 Å². The first-order valence-corrected chi connectivity index (χ1v) is 6.29. The molecule has 4 nitrogen and oxygen atoms in total. The largest absolute Gasteiger partial charge is 0.388 e. The summed E-state index contributed by atoms with van der Waals surface area (Å²) in [6.07, 6.45) is 5.75. The fourth-order valence-corrected chi connectivity index (χ4v) is 1.12. The van der Waals surface area contributed by atoms with E-state index in [-0.39, 0.29) is 0 Å². The average molecular weight is 259 g/mol. The first-order chi connectivity index (χ1) is 8.49. The summed E-state index contributed by atoms with van der Waals surface area (Å²) in [6, 6.07) is 0. The molecule has 1 unspecified atom stereocenters. The number of aliphatic hydroxyl groups is 1. The summed E-state index contributed by atoms with van der Waals surface area (Å²) in [5.74, 6) is 0.374. The molecule has 18 heavy (non-hydrogen) atoms. The molecule has 0 aromatic heterocycles. The van der Waals surface area contributed by atoms with E-state index >= 15 is 0 Å². The third-order valence-corrected chi connectivity index (χ3v) is 1.74. The maximum Gasteiger partial charge on any atom is 0.128 e. The average Bonchev–Trinajstić information content (AvgIpc) is 2.27. The number of ether oxygens (including phenoxy) is 2. The van der Waals surface area contributed by atoms with Gasteiger partial charge in [0.2, 0.25) is 0 Å². The van der Waals surface area contributed by atoms with Gasteiger partial charge in [-0.2, -0.15) is 0 Å². The van der Waals surface area contributed by atoms with Crippen molar-refractivity contribution in [2.24, 2.45) is 11.7 Å². The van der Waals surface area contributed by atoms with Crippen molar-refractivity contribution in [1.29, 1.82) is 0 Å². The zero-order chi connectivity index (χ0) is 14.4. The van der Waals surface area contributed by atoms with E-state index in [1.807, 2.05) is 32.1 Å². The Morgan fingerprint density at radius 2 is 1.89 bits per heavy atom. The Balaban J connectivity index is 0. The zero-order valence-corrected chi connectivity index (χ0v) is 12.3. The minimum Gasteiger partial charge on any atom is -0.388 e. The Morgan fingerprint density at radius 3 is 2.28 bits per heavy atom. The summed E-state index contributed by atoms with van der Waals surface area (Å²) in [4.78, 5) is 0. The van der Waals surface area contributed by atoms with Crippen molar-refractivity contribution in [3.05, 3.63) is 23.8 Å². The molecule has 0 aliphatic rings. The van der Waals surface area contributed by atoms with Gasteiger partial charge in [0, 0.05) is 20.8 Å². The second kappa shape index (κ2) is 14.4. The van der Waals surface area contributed by atoms with Gasteiger partial charge in [0.15, 0.2) is 0 Å².